The van der Waals surface area contributed by atoms with E-state index < -0.39 is 11.0 Å². The van der Waals surface area contributed by atoms with Crippen LogP contribution >= 0.6 is 0 Å². The van der Waals surface area contributed by atoms with Crippen LogP contribution in [-0.2, 0) is 4.79 Å². The molecule has 0 radical (unpaired) electrons. The number of hydrogen-bond acceptors (Lipinski definition) is 4. The molecule has 1 rings (SSSR count). The Morgan fingerprint density at radius 1 is 1.32 bits per heavy atom. The standard InChI is InChI=1S/C13H19N3O3/c1-13(2,3)11(14)12(17)15(4)9-5-7-10(8-6-9)16(18)19/h5-8,11H,14H2,1-4H3/t11-/m1/s1. The number of amides is 1. The lowest BCUT2D eigenvalue weighted by Gasteiger charge is -2.30. The van der Waals surface area contributed by atoms with Crippen LogP contribution < -0.4 is 10.6 Å². The summed E-state index contributed by atoms with van der Waals surface area (Å²) in [6.45, 7) is 5.66. The van der Waals surface area contributed by atoms with Crippen LogP contribution in [0.25, 0.3) is 0 Å². The summed E-state index contributed by atoms with van der Waals surface area (Å²) in [5.74, 6) is -0.221. The third-order valence-electron chi connectivity index (χ3n) is 2.98. The maximum absolute atomic E-state index is 12.2. The molecule has 0 heterocycles. The second kappa shape index (κ2) is 5.36. The van der Waals surface area contributed by atoms with E-state index >= 15 is 0 Å². The van der Waals surface area contributed by atoms with Gasteiger partial charge in [-0.25, -0.2) is 0 Å². The number of nitro groups is 1. The molecule has 0 saturated heterocycles. The Morgan fingerprint density at radius 3 is 2.16 bits per heavy atom. The van der Waals surface area contributed by atoms with E-state index in [9.17, 15) is 14.9 Å². The highest BCUT2D eigenvalue weighted by atomic mass is 16.6. The summed E-state index contributed by atoms with van der Waals surface area (Å²) in [5.41, 5.74) is 6.14. The molecule has 1 amide bonds. The van der Waals surface area contributed by atoms with Crippen LogP contribution in [0.15, 0.2) is 24.3 Å². The van der Waals surface area contributed by atoms with Gasteiger partial charge in [-0.2, -0.15) is 0 Å². The van der Waals surface area contributed by atoms with Gasteiger partial charge in [-0.15, -0.1) is 0 Å². The summed E-state index contributed by atoms with van der Waals surface area (Å²) in [6.07, 6.45) is 0. The molecular weight excluding hydrogens is 246 g/mol. The number of hydrogen-bond donors (Lipinski definition) is 1. The molecule has 0 saturated carbocycles. The van der Waals surface area contributed by atoms with Crippen LogP contribution in [0.5, 0.6) is 0 Å². The summed E-state index contributed by atoms with van der Waals surface area (Å²) >= 11 is 0. The van der Waals surface area contributed by atoms with E-state index in [0.29, 0.717) is 5.69 Å². The average molecular weight is 265 g/mol. The Kier molecular flexibility index (Phi) is 4.26. The number of non-ortho nitro benzene ring substituents is 1. The molecule has 2 N–H and O–H groups in total. The second-order valence-corrected chi connectivity index (χ2v) is 5.51. The maximum atomic E-state index is 12.2. The van der Waals surface area contributed by atoms with E-state index in [1.54, 1.807) is 7.05 Å². The van der Waals surface area contributed by atoms with Crippen LogP contribution in [0.2, 0.25) is 0 Å². The van der Waals surface area contributed by atoms with Gasteiger partial charge in [0, 0.05) is 24.9 Å². The molecule has 104 valence electrons. The van der Waals surface area contributed by atoms with Crippen molar-refractivity contribution in [3.8, 4) is 0 Å². The van der Waals surface area contributed by atoms with Crippen molar-refractivity contribution in [2.24, 2.45) is 11.1 Å². The first-order chi connectivity index (χ1) is 8.64. The number of nitro benzene ring substituents is 1. The van der Waals surface area contributed by atoms with Gasteiger partial charge in [-0.05, 0) is 17.5 Å². The fourth-order valence-electron chi connectivity index (χ4n) is 1.50. The predicted molar refractivity (Wildman–Crippen MR) is 73.9 cm³/mol. The third kappa shape index (κ3) is 3.51. The first-order valence-corrected chi connectivity index (χ1v) is 5.92. The van der Waals surface area contributed by atoms with Crippen LogP contribution in [0.3, 0.4) is 0 Å². The topological polar surface area (TPSA) is 89.5 Å². The number of carbonyl (C=O) groups is 1. The molecule has 1 aromatic carbocycles. The monoisotopic (exact) mass is 265 g/mol. The highest BCUT2D eigenvalue weighted by Gasteiger charge is 2.30. The van der Waals surface area contributed by atoms with Crippen molar-refractivity contribution in [1.29, 1.82) is 0 Å². The first kappa shape index (κ1) is 15.1. The fourth-order valence-corrected chi connectivity index (χ4v) is 1.50. The van der Waals surface area contributed by atoms with Crippen molar-refractivity contribution in [3.05, 3.63) is 34.4 Å². The highest BCUT2D eigenvalue weighted by Crippen LogP contribution is 2.23. The van der Waals surface area contributed by atoms with Crippen LogP contribution in [0.4, 0.5) is 11.4 Å². The lowest BCUT2D eigenvalue weighted by atomic mass is 9.86. The summed E-state index contributed by atoms with van der Waals surface area (Å²) in [4.78, 5) is 23.7. The molecule has 0 aliphatic rings. The molecular formula is C13H19N3O3. The molecule has 0 bridgehead atoms. The Morgan fingerprint density at radius 2 is 1.79 bits per heavy atom. The number of nitrogens with two attached hydrogens (primary N) is 1. The number of carbonyl (C=O) groups excluding carboxylic acids is 1. The Hall–Kier alpha value is -1.95. The van der Waals surface area contributed by atoms with Gasteiger partial charge in [-0.3, -0.25) is 14.9 Å². The summed E-state index contributed by atoms with van der Waals surface area (Å²) in [7, 11) is 1.61. The molecule has 6 heteroatoms. The summed E-state index contributed by atoms with van der Waals surface area (Å²) < 4.78 is 0. The number of benzene rings is 1. The molecule has 1 atom stereocenters. The molecule has 0 fully saturated rings. The van der Waals surface area contributed by atoms with Crippen molar-refractivity contribution in [2.45, 2.75) is 26.8 Å². The maximum Gasteiger partial charge on any atom is 0.269 e. The molecule has 0 aliphatic carbocycles. The molecule has 19 heavy (non-hydrogen) atoms. The van der Waals surface area contributed by atoms with Crippen molar-refractivity contribution in [2.75, 3.05) is 11.9 Å². The minimum atomic E-state index is -0.632. The molecule has 6 nitrogen and oxygen atoms in total. The lowest BCUT2D eigenvalue weighted by molar-refractivity contribution is -0.384. The predicted octanol–water partition coefficient (Wildman–Crippen LogP) is 1.93. The van der Waals surface area contributed by atoms with Crippen molar-refractivity contribution in [3.63, 3.8) is 0 Å². The van der Waals surface area contributed by atoms with E-state index in [-0.39, 0.29) is 17.0 Å². The number of nitrogens with zero attached hydrogens (tertiary/aromatic N) is 2. The SMILES string of the molecule is CN(C(=O)[C@@H](N)C(C)(C)C)c1ccc([N+](=O)[O-])cc1. The molecule has 1 aromatic rings. The second-order valence-electron chi connectivity index (χ2n) is 5.51. The van der Waals surface area contributed by atoms with Crippen LogP contribution in [0.1, 0.15) is 20.8 Å². The smallest absolute Gasteiger partial charge is 0.269 e. The molecule has 0 unspecified atom stereocenters. The number of likely N-dealkylation sites (N-methyl/N-ethyl adjacent to an activating group) is 1. The van der Waals surface area contributed by atoms with Gasteiger partial charge in [0.15, 0.2) is 0 Å². The Labute approximate surface area is 112 Å². The first-order valence-electron chi connectivity index (χ1n) is 5.92. The number of rotatable bonds is 3. The lowest BCUT2D eigenvalue weighted by Crippen LogP contribution is -2.49. The van der Waals surface area contributed by atoms with Gasteiger partial charge in [-0.1, -0.05) is 20.8 Å². The number of anilines is 1. The molecule has 0 spiro atoms. The van der Waals surface area contributed by atoms with Gasteiger partial charge in [0.2, 0.25) is 5.91 Å². The van der Waals surface area contributed by atoms with Gasteiger partial charge in [0.1, 0.15) is 0 Å². The third-order valence-corrected chi connectivity index (χ3v) is 2.98. The minimum Gasteiger partial charge on any atom is -0.319 e. The Balaban J connectivity index is 2.91. The van der Waals surface area contributed by atoms with E-state index in [4.69, 9.17) is 5.73 Å². The Bertz CT molecular complexity index is 477. The molecule has 0 aliphatic heterocycles. The summed E-state index contributed by atoms with van der Waals surface area (Å²) in [5, 5.41) is 10.6. The molecule has 0 aromatic heterocycles. The van der Waals surface area contributed by atoms with Gasteiger partial charge in [0.25, 0.3) is 5.69 Å². The zero-order valence-electron chi connectivity index (χ0n) is 11.6. The van der Waals surface area contributed by atoms with Gasteiger partial charge >= 0.3 is 0 Å². The van der Waals surface area contributed by atoms with Gasteiger partial charge in [0.05, 0.1) is 11.0 Å². The van der Waals surface area contributed by atoms with E-state index in [2.05, 4.69) is 0 Å². The fraction of sp³-hybridized carbons (Fsp3) is 0.462. The van der Waals surface area contributed by atoms with E-state index in [1.165, 1.54) is 29.2 Å². The average Bonchev–Trinajstić information content (AvgIpc) is 2.35. The van der Waals surface area contributed by atoms with Crippen LogP contribution in [0, 0.1) is 15.5 Å². The van der Waals surface area contributed by atoms with E-state index in [1.807, 2.05) is 20.8 Å². The van der Waals surface area contributed by atoms with E-state index in [0.717, 1.165) is 0 Å². The zero-order valence-corrected chi connectivity index (χ0v) is 11.6. The minimum absolute atomic E-state index is 0.00952. The summed E-state index contributed by atoms with van der Waals surface area (Å²) in [6, 6.07) is 5.16. The van der Waals surface area contributed by atoms with Gasteiger partial charge < -0.3 is 10.6 Å². The zero-order chi connectivity index (χ0) is 14.8. The van der Waals surface area contributed by atoms with Crippen molar-refractivity contribution < 1.29 is 9.72 Å². The largest absolute Gasteiger partial charge is 0.319 e. The normalized spacial score (nSPS) is 12.9. The van der Waals surface area contributed by atoms with Crippen molar-refractivity contribution >= 4 is 17.3 Å². The quantitative estimate of drug-likeness (QED) is 0.668. The highest BCUT2D eigenvalue weighted by molar-refractivity contribution is 5.97. The van der Waals surface area contributed by atoms with Crippen molar-refractivity contribution in [1.82, 2.24) is 0 Å². The van der Waals surface area contributed by atoms with Crippen LogP contribution in [-0.4, -0.2) is 23.9 Å².